The van der Waals surface area contributed by atoms with Crippen molar-refractivity contribution in [3.05, 3.63) is 36.2 Å². The minimum atomic E-state index is -0.854. The number of aromatic nitrogens is 1. The molecule has 0 radical (unpaired) electrons. The first-order valence-electron chi connectivity index (χ1n) is 4.54. The lowest BCUT2D eigenvalue weighted by Crippen LogP contribution is -1.97. The molecule has 0 aliphatic heterocycles. The van der Waals surface area contributed by atoms with Crippen LogP contribution in [-0.2, 0) is 9.53 Å². The van der Waals surface area contributed by atoms with E-state index in [1.165, 1.54) is 0 Å². The van der Waals surface area contributed by atoms with E-state index in [1.807, 2.05) is 6.07 Å². The maximum absolute atomic E-state index is 10.4. The van der Waals surface area contributed by atoms with Crippen molar-refractivity contribution in [2.75, 3.05) is 13.7 Å². The van der Waals surface area contributed by atoms with Gasteiger partial charge in [-0.3, -0.25) is 9.78 Å². The first kappa shape index (κ1) is 11.4. The van der Waals surface area contributed by atoms with Crippen molar-refractivity contribution in [3.8, 4) is 0 Å². The van der Waals surface area contributed by atoms with E-state index < -0.39 is 5.97 Å². The second kappa shape index (κ2) is 5.93. The summed E-state index contributed by atoms with van der Waals surface area (Å²) in [5, 5.41) is 8.58. The molecule has 0 amide bonds. The zero-order valence-electron chi connectivity index (χ0n) is 8.51. The van der Waals surface area contributed by atoms with Crippen molar-refractivity contribution in [2.45, 2.75) is 6.42 Å². The molecule has 0 unspecified atom stereocenters. The Hall–Kier alpha value is -1.68. The van der Waals surface area contributed by atoms with Crippen LogP contribution >= 0.6 is 0 Å². The zero-order valence-corrected chi connectivity index (χ0v) is 8.51. The number of ether oxygens (including phenoxy) is 1. The zero-order chi connectivity index (χ0) is 11.1. The SMILES string of the molecule is COCC(=CCC(=O)O)c1cccnc1. The fourth-order valence-electron chi connectivity index (χ4n) is 1.18. The van der Waals surface area contributed by atoms with Gasteiger partial charge in [0.2, 0.25) is 0 Å². The van der Waals surface area contributed by atoms with E-state index in [2.05, 4.69) is 4.98 Å². The average molecular weight is 207 g/mol. The lowest BCUT2D eigenvalue weighted by atomic mass is 10.1. The summed E-state index contributed by atoms with van der Waals surface area (Å²) in [6.07, 6.45) is 4.99. The van der Waals surface area contributed by atoms with Gasteiger partial charge in [0.25, 0.3) is 0 Å². The highest BCUT2D eigenvalue weighted by Gasteiger charge is 2.02. The quantitative estimate of drug-likeness (QED) is 0.796. The monoisotopic (exact) mass is 207 g/mol. The van der Waals surface area contributed by atoms with Crippen molar-refractivity contribution in [1.29, 1.82) is 0 Å². The Morgan fingerprint density at radius 2 is 2.47 bits per heavy atom. The van der Waals surface area contributed by atoms with E-state index >= 15 is 0 Å². The van der Waals surface area contributed by atoms with Crippen LogP contribution < -0.4 is 0 Å². The summed E-state index contributed by atoms with van der Waals surface area (Å²) in [7, 11) is 1.57. The van der Waals surface area contributed by atoms with Crippen LogP contribution in [-0.4, -0.2) is 29.8 Å². The van der Waals surface area contributed by atoms with Crippen molar-refractivity contribution < 1.29 is 14.6 Å². The molecule has 0 fully saturated rings. The summed E-state index contributed by atoms with van der Waals surface area (Å²) < 4.78 is 5.00. The van der Waals surface area contributed by atoms with Crippen LogP contribution in [0, 0.1) is 0 Å². The number of carboxylic acids is 1. The Labute approximate surface area is 88.2 Å². The Morgan fingerprint density at radius 1 is 1.67 bits per heavy atom. The van der Waals surface area contributed by atoms with Gasteiger partial charge in [0.1, 0.15) is 0 Å². The highest BCUT2D eigenvalue weighted by molar-refractivity contribution is 5.74. The standard InChI is InChI=1S/C11H13NO3/c1-15-8-10(4-5-11(13)14)9-3-2-6-12-7-9/h2-4,6-7H,5,8H2,1H3,(H,13,14). The Balaban J connectivity index is 2.83. The molecule has 1 aromatic rings. The van der Waals surface area contributed by atoms with E-state index in [4.69, 9.17) is 9.84 Å². The molecule has 0 bridgehead atoms. The summed E-state index contributed by atoms with van der Waals surface area (Å²) in [5.41, 5.74) is 1.73. The number of methoxy groups -OCH3 is 1. The van der Waals surface area contributed by atoms with E-state index in [0.29, 0.717) is 6.61 Å². The molecule has 4 heteroatoms. The molecule has 0 aliphatic carbocycles. The van der Waals surface area contributed by atoms with E-state index in [1.54, 1.807) is 31.6 Å². The maximum Gasteiger partial charge on any atom is 0.307 e. The number of hydrogen-bond donors (Lipinski definition) is 1. The van der Waals surface area contributed by atoms with Gasteiger partial charge in [-0.1, -0.05) is 12.1 Å². The molecule has 0 aromatic carbocycles. The van der Waals surface area contributed by atoms with Gasteiger partial charge in [-0.15, -0.1) is 0 Å². The first-order valence-corrected chi connectivity index (χ1v) is 4.54. The molecule has 0 saturated heterocycles. The fourth-order valence-corrected chi connectivity index (χ4v) is 1.18. The molecule has 0 spiro atoms. The van der Waals surface area contributed by atoms with Crippen LogP contribution in [0.5, 0.6) is 0 Å². The highest BCUT2D eigenvalue weighted by atomic mass is 16.5. The number of aliphatic carboxylic acids is 1. The van der Waals surface area contributed by atoms with Crippen LogP contribution in [0.2, 0.25) is 0 Å². The molecule has 80 valence electrons. The van der Waals surface area contributed by atoms with Crippen molar-refractivity contribution in [2.24, 2.45) is 0 Å². The average Bonchev–Trinajstić information content (AvgIpc) is 2.25. The molecule has 1 aromatic heterocycles. The minimum Gasteiger partial charge on any atom is -0.481 e. The fraction of sp³-hybridized carbons (Fsp3) is 0.273. The number of pyridine rings is 1. The van der Waals surface area contributed by atoms with E-state index in [0.717, 1.165) is 11.1 Å². The largest absolute Gasteiger partial charge is 0.481 e. The molecule has 1 rings (SSSR count). The van der Waals surface area contributed by atoms with Gasteiger partial charge in [0, 0.05) is 19.5 Å². The number of nitrogens with zero attached hydrogens (tertiary/aromatic N) is 1. The predicted molar refractivity (Wildman–Crippen MR) is 56.3 cm³/mol. The van der Waals surface area contributed by atoms with Crippen LogP contribution in [0.1, 0.15) is 12.0 Å². The lowest BCUT2D eigenvalue weighted by molar-refractivity contribution is -0.135. The van der Waals surface area contributed by atoms with Gasteiger partial charge in [0.05, 0.1) is 13.0 Å². The van der Waals surface area contributed by atoms with Gasteiger partial charge in [0.15, 0.2) is 0 Å². The summed E-state index contributed by atoms with van der Waals surface area (Å²) in [5.74, 6) is -0.854. The molecule has 15 heavy (non-hydrogen) atoms. The molecule has 0 atom stereocenters. The molecule has 0 aliphatic rings. The van der Waals surface area contributed by atoms with Gasteiger partial charge < -0.3 is 9.84 Å². The van der Waals surface area contributed by atoms with Gasteiger partial charge in [-0.25, -0.2) is 0 Å². The smallest absolute Gasteiger partial charge is 0.307 e. The summed E-state index contributed by atoms with van der Waals surface area (Å²) in [6, 6.07) is 3.68. The van der Waals surface area contributed by atoms with Gasteiger partial charge >= 0.3 is 5.97 Å². The molecule has 1 heterocycles. The second-order valence-electron chi connectivity index (χ2n) is 3.00. The number of carbonyl (C=O) groups is 1. The Bertz CT molecular complexity index is 346. The Morgan fingerprint density at radius 3 is 3.00 bits per heavy atom. The lowest BCUT2D eigenvalue weighted by Gasteiger charge is -2.05. The summed E-state index contributed by atoms with van der Waals surface area (Å²) in [6.45, 7) is 0.388. The van der Waals surface area contributed by atoms with E-state index in [9.17, 15) is 4.79 Å². The van der Waals surface area contributed by atoms with Crippen molar-refractivity contribution in [1.82, 2.24) is 4.98 Å². The molecule has 1 N–H and O–H groups in total. The molecular formula is C11H13NO3. The topological polar surface area (TPSA) is 59.4 Å². The van der Waals surface area contributed by atoms with Gasteiger partial charge in [-0.2, -0.15) is 0 Å². The molecule has 0 saturated carbocycles. The third kappa shape index (κ3) is 3.91. The van der Waals surface area contributed by atoms with Crippen molar-refractivity contribution in [3.63, 3.8) is 0 Å². The second-order valence-corrected chi connectivity index (χ2v) is 3.00. The molecular weight excluding hydrogens is 194 g/mol. The van der Waals surface area contributed by atoms with Crippen LogP contribution in [0.25, 0.3) is 5.57 Å². The maximum atomic E-state index is 10.4. The summed E-state index contributed by atoms with van der Waals surface area (Å²) in [4.78, 5) is 14.4. The summed E-state index contributed by atoms with van der Waals surface area (Å²) >= 11 is 0. The van der Waals surface area contributed by atoms with E-state index in [-0.39, 0.29) is 6.42 Å². The van der Waals surface area contributed by atoms with Crippen molar-refractivity contribution >= 4 is 11.5 Å². The molecule has 4 nitrogen and oxygen atoms in total. The van der Waals surface area contributed by atoms with Crippen LogP contribution in [0.3, 0.4) is 0 Å². The normalized spacial score (nSPS) is 11.4. The van der Waals surface area contributed by atoms with Crippen LogP contribution in [0.4, 0.5) is 0 Å². The van der Waals surface area contributed by atoms with Crippen LogP contribution in [0.15, 0.2) is 30.6 Å². The first-order chi connectivity index (χ1) is 7.24. The number of rotatable bonds is 5. The minimum absolute atomic E-state index is 0.00636. The number of hydrogen-bond acceptors (Lipinski definition) is 3. The third-order valence-electron chi connectivity index (χ3n) is 1.86. The third-order valence-corrected chi connectivity index (χ3v) is 1.86. The highest BCUT2D eigenvalue weighted by Crippen LogP contribution is 2.13. The number of carboxylic acid groups (broad SMARTS) is 1. The van der Waals surface area contributed by atoms with Gasteiger partial charge in [-0.05, 0) is 17.2 Å². The predicted octanol–water partition coefficient (Wildman–Crippen LogP) is 1.59. The Kier molecular flexibility index (Phi) is 4.50.